The van der Waals surface area contributed by atoms with E-state index in [-0.39, 0.29) is 85.8 Å². The Morgan fingerprint density at radius 1 is 0.234 bits per heavy atom. The number of hydrogen-bond donors (Lipinski definition) is 0. The van der Waals surface area contributed by atoms with Gasteiger partial charge in [-0.3, -0.25) is 22.8 Å². The lowest BCUT2D eigenvalue weighted by atomic mass is 10.0. The zero-order valence-electron chi connectivity index (χ0n) is 73.6. The van der Waals surface area contributed by atoms with Crippen LogP contribution in [0.15, 0.2) is 0 Å². The average Bonchev–Trinajstić information content (AvgIpc) is 0.774. The maximum atomic E-state index is 15.9. The smallest absolute Gasteiger partial charge is 0.312 e. The standard InChI is InChI=1S/C55H117O15P5.C15H27Cl5.C12H27O3P/c1-13-23-41-61-71(56,62-42-24-14-2)51(11)37-39-53(73(58,65-45-27-17-5)66-46-28-18-6)35-33-34-36-54(74(59,67-47-29-19-7)68-48-30-20-8)55(75(60,69-49-31-21-9)70-50-32-22-10)40-38-52(12)72(57,63-43-25-15-3)64-44-26-16-4;1-11(16)7-9-13(18)5-3-4-6-14(19)15(20)10-8-12(2)17;1-4-7-10-13-16(14-11-8-5-2)15-12-9-6-3/h51-55H,13-50H2,1-12H3;11-15H,3-10H2,1-2H3;4-12H2,1-3H3. The van der Waals surface area contributed by atoms with Crippen LogP contribution in [0.2, 0.25) is 0 Å². The second-order valence-electron chi connectivity index (χ2n) is 29.9. The van der Waals surface area contributed by atoms with Crippen LogP contribution < -0.4 is 0 Å². The average molecular weight is 1810 g/mol. The summed E-state index contributed by atoms with van der Waals surface area (Å²) in [6.45, 7) is 39.5. The van der Waals surface area contributed by atoms with Gasteiger partial charge in [-0.1, -0.05) is 213 Å². The van der Waals surface area contributed by atoms with Gasteiger partial charge in [0.15, 0.2) is 0 Å². The molecule has 0 aromatic heterocycles. The van der Waals surface area contributed by atoms with Crippen LogP contribution in [0.1, 0.15) is 387 Å². The second kappa shape index (κ2) is 78.5. The molecule has 29 heteroatoms. The van der Waals surface area contributed by atoms with Crippen LogP contribution in [0.3, 0.4) is 0 Å². The van der Waals surface area contributed by atoms with Crippen molar-refractivity contribution in [3.63, 3.8) is 0 Å². The van der Waals surface area contributed by atoms with Gasteiger partial charge in [-0.25, -0.2) is 0 Å². The van der Waals surface area contributed by atoms with Crippen LogP contribution in [-0.2, 0) is 81.6 Å². The van der Waals surface area contributed by atoms with E-state index in [2.05, 4.69) is 62.3 Å². The Hall–Kier alpha value is 2.51. The van der Waals surface area contributed by atoms with E-state index >= 15 is 13.7 Å². The Morgan fingerprint density at radius 3 is 0.793 bits per heavy atom. The van der Waals surface area contributed by atoms with Gasteiger partial charge in [-0.05, 0) is 174 Å². The zero-order valence-corrected chi connectivity index (χ0v) is 82.7. The van der Waals surface area contributed by atoms with E-state index in [1.54, 1.807) is 0 Å². The summed E-state index contributed by atoms with van der Waals surface area (Å²) in [5.41, 5.74) is -3.50. The van der Waals surface area contributed by atoms with Crippen molar-refractivity contribution < 1.29 is 81.6 Å². The lowest BCUT2D eigenvalue weighted by molar-refractivity contribution is 0.155. The van der Waals surface area contributed by atoms with Gasteiger partial charge >= 0.3 is 46.6 Å². The predicted octanol–water partition coefficient (Wildman–Crippen LogP) is 32.0. The molecule has 0 radical (unpaired) electrons. The zero-order chi connectivity index (χ0) is 83.9. The minimum absolute atomic E-state index is 0.0155. The van der Waals surface area contributed by atoms with Gasteiger partial charge in [-0.15, -0.1) is 58.0 Å². The largest absolute Gasteiger partial charge is 0.334 e. The summed E-state index contributed by atoms with van der Waals surface area (Å²) in [7, 11) is -20.2. The highest BCUT2D eigenvalue weighted by atomic mass is 35.5. The summed E-state index contributed by atoms with van der Waals surface area (Å²) >= 11 is 30.7. The first-order chi connectivity index (χ1) is 53.2. The maximum Gasteiger partial charge on any atom is 0.334 e. The van der Waals surface area contributed by atoms with Gasteiger partial charge in [0.2, 0.25) is 0 Å². The molecule has 10 atom stereocenters. The Balaban J connectivity index is -0.00000262. The molecule has 0 aromatic rings. The van der Waals surface area contributed by atoms with E-state index in [0.717, 1.165) is 212 Å². The molecule has 0 amide bonds. The number of alkyl halides is 5. The first kappa shape index (κ1) is 118. The van der Waals surface area contributed by atoms with Crippen LogP contribution in [0.25, 0.3) is 0 Å². The van der Waals surface area contributed by atoms with Gasteiger partial charge < -0.3 is 58.8 Å². The van der Waals surface area contributed by atoms with E-state index in [1.807, 2.05) is 55.4 Å². The normalized spacial score (nSPS) is 15.3. The molecular weight excluding hydrogens is 1640 g/mol. The first-order valence-corrected chi connectivity index (χ1v) is 55.8. The summed E-state index contributed by atoms with van der Waals surface area (Å²) in [6, 6.07) is 0. The van der Waals surface area contributed by atoms with E-state index in [4.69, 9.17) is 117 Å². The Bertz CT molecular complexity index is 2190. The van der Waals surface area contributed by atoms with E-state index in [9.17, 15) is 9.13 Å². The summed E-state index contributed by atoms with van der Waals surface area (Å²) in [5.74, 6) is 0. The summed E-state index contributed by atoms with van der Waals surface area (Å²) in [6.07, 6.45) is 32.9. The minimum atomic E-state index is -4.10. The van der Waals surface area contributed by atoms with Gasteiger partial charge in [0, 0.05) is 26.9 Å². The van der Waals surface area contributed by atoms with Crippen molar-refractivity contribution in [3.05, 3.63) is 0 Å². The third kappa shape index (κ3) is 61.5. The third-order valence-corrected chi connectivity index (χ3v) is 34.8. The SMILES string of the molecule is CC(Cl)CCC(Cl)CCCCC(Cl)C(Cl)CCC(C)Cl.CCCCOP(=O)(OCCCC)C(C)CCC(CCCCC(C(CCC(C)P(=O)(OCCCC)OCCCC)P(=O)(OCCCC)OCCCC)P(=O)(OCCCC)OCCCC)P(=O)(OCCCC)OCCCC.CCCCOP(OCCCC)OCCCC. The Morgan fingerprint density at radius 2 is 0.477 bits per heavy atom. The van der Waals surface area contributed by atoms with E-state index < -0.39 is 74.9 Å². The van der Waals surface area contributed by atoms with Crippen molar-refractivity contribution in [1.82, 2.24) is 0 Å². The second-order valence-corrected chi connectivity index (χ2v) is 46.2. The topological polar surface area (TPSA) is 205 Å². The molecule has 0 bridgehead atoms. The van der Waals surface area contributed by atoms with Crippen molar-refractivity contribution in [2.24, 2.45) is 0 Å². The maximum absolute atomic E-state index is 15.9. The molecule has 0 spiro atoms. The van der Waals surface area contributed by atoms with E-state index in [0.29, 0.717) is 84.2 Å². The van der Waals surface area contributed by atoms with Gasteiger partial charge in [0.05, 0.1) is 114 Å². The molecule has 0 saturated heterocycles. The minimum Gasteiger partial charge on any atom is -0.312 e. The van der Waals surface area contributed by atoms with Gasteiger partial charge in [0.1, 0.15) is 0 Å². The predicted molar refractivity (Wildman–Crippen MR) is 480 cm³/mol. The third-order valence-electron chi connectivity index (χ3n) is 19.0. The first-order valence-electron chi connectivity index (χ1n) is 44.5. The van der Waals surface area contributed by atoms with Crippen molar-refractivity contribution in [2.45, 2.75) is 443 Å². The summed E-state index contributed by atoms with van der Waals surface area (Å²) in [5, 5.41) is 0.658. The van der Waals surface area contributed by atoms with Crippen LogP contribution in [-0.4, -0.2) is 141 Å². The molecule has 0 heterocycles. The van der Waals surface area contributed by atoms with Crippen LogP contribution in [0.5, 0.6) is 0 Å². The summed E-state index contributed by atoms with van der Waals surface area (Å²) < 4.78 is 156. The van der Waals surface area contributed by atoms with Crippen LogP contribution in [0, 0.1) is 0 Å². The fourth-order valence-electron chi connectivity index (χ4n) is 11.1. The number of rotatable bonds is 81. The highest BCUT2D eigenvalue weighted by molar-refractivity contribution is 7.59. The quantitative estimate of drug-likeness (QED) is 0.0315. The molecule has 0 aliphatic rings. The molecule has 0 fully saturated rings. The van der Waals surface area contributed by atoms with Crippen molar-refractivity contribution in [3.8, 4) is 0 Å². The fraction of sp³-hybridized carbons (Fsp3) is 1.00. The van der Waals surface area contributed by atoms with Crippen molar-refractivity contribution in [2.75, 3.05) is 85.9 Å². The fourth-order valence-corrected chi connectivity index (χ4v) is 24.6. The molecule has 0 aromatic carbocycles. The molecule has 0 N–H and O–H groups in total. The molecule has 18 nitrogen and oxygen atoms in total. The Kier molecular flexibility index (Phi) is 83.2. The highest BCUT2D eigenvalue weighted by Gasteiger charge is 2.51. The van der Waals surface area contributed by atoms with E-state index in [1.165, 1.54) is 0 Å². The number of unbranched alkanes of at least 4 members (excludes halogenated alkanes) is 15. The Labute approximate surface area is 709 Å². The molecule has 111 heavy (non-hydrogen) atoms. The molecule has 0 rings (SSSR count). The van der Waals surface area contributed by atoms with Gasteiger partial charge in [0.25, 0.3) is 0 Å². The lowest BCUT2D eigenvalue weighted by Gasteiger charge is -2.37. The van der Waals surface area contributed by atoms with Crippen molar-refractivity contribution in [1.29, 1.82) is 0 Å². The molecule has 0 aliphatic carbocycles. The molecular formula is C82H171Cl5O18P6. The molecule has 672 valence electrons. The monoisotopic (exact) mass is 1800 g/mol. The number of hydrogen-bond acceptors (Lipinski definition) is 18. The van der Waals surface area contributed by atoms with Gasteiger partial charge in [-0.2, -0.15) is 0 Å². The van der Waals surface area contributed by atoms with Crippen molar-refractivity contribution >= 4 is 105 Å². The molecule has 0 saturated carbocycles. The van der Waals surface area contributed by atoms with Crippen LogP contribution in [0.4, 0.5) is 0 Å². The molecule has 0 aliphatic heterocycles. The summed E-state index contributed by atoms with van der Waals surface area (Å²) in [4.78, 5) is 0. The lowest BCUT2D eigenvalue weighted by Crippen LogP contribution is -2.32. The van der Waals surface area contributed by atoms with Crippen LogP contribution >= 0.6 is 105 Å². The highest BCUT2D eigenvalue weighted by Crippen LogP contribution is 2.68. The molecule has 10 unspecified atom stereocenters. The number of halogens is 5.